The van der Waals surface area contributed by atoms with Gasteiger partial charge in [-0.3, -0.25) is 4.90 Å². The second kappa shape index (κ2) is 9.16. The van der Waals surface area contributed by atoms with Crippen LogP contribution in [0, 0.1) is 12.8 Å². The van der Waals surface area contributed by atoms with Gasteiger partial charge in [0.15, 0.2) is 5.65 Å². The summed E-state index contributed by atoms with van der Waals surface area (Å²) in [6.07, 6.45) is 3.09. The summed E-state index contributed by atoms with van der Waals surface area (Å²) in [6, 6.07) is 11.2. The standard InChI is InChI=1S/C24H30N4O4/c1-17-15-25-28-21(14-20(26-22(17)28)31-19-8-6-5-7-9-19)27(23(29)32-24(2,3)4)16-18-10-12-30-13-11-18/h5-9,14-15,18H,10-13,16H2,1-4H3. The zero-order valence-corrected chi connectivity index (χ0v) is 19.1. The molecule has 0 aliphatic carbocycles. The van der Waals surface area contributed by atoms with Crippen LogP contribution in [0.4, 0.5) is 10.6 Å². The highest BCUT2D eigenvalue weighted by molar-refractivity contribution is 5.87. The lowest BCUT2D eigenvalue weighted by atomic mass is 10.00. The number of hydrogen-bond acceptors (Lipinski definition) is 6. The number of fused-ring (bicyclic) bond motifs is 1. The molecule has 0 bridgehead atoms. The van der Waals surface area contributed by atoms with E-state index >= 15 is 0 Å². The van der Waals surface area contributed by atoms with Gasteiger partial charge in [-0.15, -0.1) is 0 Å². The van der Waals surface area contributed by atoms with Crippen molar-refractivity contribution in [3.63, 3.8) is 0 Å². The fraction of sp³-hybridized carbons (Fsp3) is 0.458. The summed E-state index contributed by atoms with van der Waals surface area (Å²) < 4.78 is 19.0. The van der Waals surface area contributed by atoms with Gasteiger partial charge in [-0.2, -0.15) is 14.6 Å². The van der Waals surface area contributed by atoms with E-state index in [2.05, 4.69) is 10.1 Å². The van der Waals surface area contributed by atoms with Crippen molar-refractivity contribution in [3.8, 4) is 11.6 Å². The average Bonchev–Trinajstić information content (AvgIpc) is 3.13. The van der Waals surface area contributed by atoms with Crippen molar-refractivity contribution < 1.29 is 19.0 Å². The monoisotopic (exact) mass is 438 g/mol. The molecule has 1 amide bonds. The molecule has 1 aromatic carbocycles. The zero-order valence-electron chi connectivity index (χ0n) is 19.1. The first kappa shape index (κ1) is 22.1. The average molecular weight is 439 g/mol. The topological polar surface area (TPSA) is 78.2 Å². The lowest BCUT2D eigenvalue weighted by Gasteiger charge is -2.31. The predicted molar refractivity (Wildman–Crippen MR) is 121 cm³/mol. The van der Waals surface area contributed by atoms with Gasteiger partial charge in [0.05, 0.1) is 6.20 Å². The van der Waals surface area contributed by atoms with Crippen LogP contribution in [0.25, 0.3) is 5.65 Å². The van der Waals surface area contributed by atoms with Crippen LogP contribution in [0.5, 0.6) is 11.6 Å². The normalized spacial score (nSPS) is 15.0. The third-order valence-corrected chi connectivity index (χ3v) is 5.24. The number of carbonyl (C=O) groups is 1. The number of aryl methyl sites for hydroxylation is 1. The first-order valence-corrected chi connectivity index (χ1v) is 11.0. The second-order valence-electron chi connectivity index (χ2n) is 9.08. The summed E-state index contributed by atoms with van der Waals surface area (Å²) in [7, 11) is 0. The van der Waals surface area contributed by atoms with Crippen LogP contribution in [0.1, 0.15) is 39.2 Å². The Morgan fingerprint density at radius 1 is 1.22 bits per heavy atom. The van der Waals surface area contributed by atoms with E-state index in [9.17, 15) is 4.79 Å². The van der Waals surface area contributed by atoms with Crippen LogP contribution >= 0.6 is 0 Å². The molecule has 1 aliphatic heterocycles. The molecule has 0 spiro atoms. The second-order valence-corrected chi connectivity index (χ2v) is 9.08. The van der Waals surface area contributed by atoms with Gasteiger partial charge >= 0.3 is 6.09 Å². The number of aromatic nitrogens is 3. The molecule has 4 rings (SSSR count). The molecule has 0 atom stereocenters. The Morgan fingerprint density at radius 2 is 1.94 bits per heavy atom. The largest absolute Gasteiger partial charge is 0.443 e. The maximum absolute atomic E-state index is 13.3. The van der Waals surface area contributed by atoms with Crippen LogP contribution in [0.2, 0.25) is 0 Å². The molecule has 3 heterocycles. The number of anilines is 1. The Kier molecular flexibility index (Phi) is 6.32. The molecule has 0 unspecified atom stereocenters. The van der Waals surface area contributed by atoms with E-state index in [0.717, 1.165) is 18.4 Å². The third kappa shape index (κ3) is 5.19. The van der Waals surface area contributed by atoms with E-state index < -0.39 is 11.7 Å². The van der Waals surface area contributed by atoms with Crippen molar-refractivity contribution in [1.29, 1.82) is 0 Å². The van der Waals surface area contributed by atoms with Crippen LogP contribution in [-0.2, 0) is 9.47 Å². The van der Waals surface area contributed by atoms with Crippen molar-refractivity contribution in [2.24, 2.45) is 5.92 Å². The summed E-state index contributed by atoms with van der Waals surface area (Å²) in [4.78, 5) is 19.6. The molecule has 3 aromatic rings. The number of carbonyl (C=O) groups excluding carboxylic acids is 1. The van der Waals surface area contributed by atoms with Crippen molar-refractivity contribution in [2.45, 2.75) is 46.1 Å². The predicted octanol–water partition coefficient (Wildman–Crippen LogP) is 5.00. The van der Waals surface area contributed by atoms with Gasteiger partial charge in [-0.05, 0) is 58.6 Å². The summed E-state index contributed by atoms with van der Waals surface area (Å²) in [6.45, 7) is 9.41. The molecule has 170 valence electrons. The quantitative estimate of drug-likeness (QED) is 0.558. The molecule has 1 saturated heterocycles. The summed E-state index contributed by atoms with van der Waals surface area (Å²) >= 11 is 0. The minimum atomic E-state index is -0.624. The molecule has 8 heteroatoms. The van der Waals surface area contributed by atoms with E-state index in [-0.39, 0.29) is 0 Å². The Hall–Kier alpha value is -3.13. The van der Waals surface area contributed by atoms with Gasteiger partial charge in [0.25, 0.3) is 0 Å². The maximum atomic E-state index is 13.3. The van der Waals surface area contributed by atoms with Gasteiger partial charge < -0.3 is 14.2 Å². The molecule has 0 radical (unpaired) electrons. The van der Waals surface area contributed by atoms with E-state index in [1.807, 2.05) is 58.0 Å². The highest BCUT2D eigenvalue weighted by Crippen LogP contribution is 2.29. The molecule has 32 heavy (non-hydrogen) atoms. The fourth-order valence-corrected chi connectivity index (χ4v) is 3.65. The summed E-state index contributed by atoms with van der Waals surface area (Å²) in [5.41, 5.74) is 0.898. The number of ether oxygens (including phenoxy) is 3. The lowest BCUT2D eigenvalue weighted by molar-refractivity contribution is 0.0512. The Balaban J connectivity index is 1.76. The van der Waals surface area contributed by atoms with Gasteiger partial charge in [0.1, 0.15) is 17.2 Å². The van der Waals surface area contributed by atoms with E-state index in [1.165, 1.54) is 0 Å². The number of benzene rings is 1. The SMILES string of the molecule is Cc1cnn2c(N(CC3CCOCC3)C(=O)OC(C)(C)C)cc(Oc3ccccc3)nc12. The molecule has 1 aliphatic rings. The van der Waals surface area contributed by atoms with E-state index in [1.54, 1.807) is 21.7 Å². The third-order valence-electron chi connectivity index (χ3n) is 5.24. The number of hydrogen-bond donors (Lipinski definition) is 0. The molecule has 2 aromatic heterocycles. The van der Waals surface area contributed by atoms with Crippen molar-refractivity contribution >= 4 is 17.6 Å². The first-order valence-electron chi connectivity index (χ1n) is 11.0. The molecular weight excluding hydrogens is 408 g/mol. The minimum absolute atomic E-state index is 0.301. The van der Waals surface area contributed by atoms with Crippen LogP contribution in [-0.4, -0.2) is 46.1 Å². The smallest absolute Gasteiger partial charge is 0.416 e. The lowest BCUT2D eigenvalue weighted by Crippen LogP contribution is -2.41. The van der Waals surface area contributed by atoms with Gasteiger partial charge in [0.2, 0.25) is 5.88 Å². The highest BCUT2D eigenvalue weighted by Gasteiger charge is 2.29. The number of amides is 1. The van der Waals surface area contributed by atoms with E-state index in [4.69, 9.17) is 14.2 Å². The van der Waals surface area contributed by atoms with Crippen molar-refractivity contribution in [3.05, 3.63) is 48.2 Å². The summed E-state index contributed by atoms with van der Waals surface area (Å²) in [5.74, 6) is 1.92. The molecule has 0 saturated carbocycles. The van der Waals surface area contributed by atoms with E-state index in [0.29, 0.717) is 48.8 Å². The van der Waals surface area contributed by atoms with Crippen LogP contribution < -0.4 is 9.64 Å². The van der Waals surface area contributed by atoms with Gasteiger partial charge in [-0.25, -0.2) is 4.79 Å². The van der Waals surface area contributed by atoms with Crippen LogP contribution in [0.15, 0.2) is 42.6 Å². The Labute approximate surface area is 188 Å². The van der Waals surface area contributed by atoms with Gasteiger partial charge in [0, 0.05) is 31.4 Å². The zero-order chi connectivity index (χ0) is 22.7. The van der Waals surface area contributed by atoms with Gasteiger partial charge in [-0.1, -0.05) is 18.2 Å². The Bertz CT molecular complexity index is 1070. The van der Waals surface area contributed by atoms with Crippen molar-refractivity contribution in [1.82, 2.24) is 14.6 Å². The van der Waals surface area contributed by atoms with Crippen molar-refractivity contribution in [2.75, 3.05) is 24.7 Å². The number of nitrogens with zero attached hydrogens (tertiary/aromatic N) is 4. The first-order chi connectivity index (χ1) is 15.3. The summed E-state index contributed by atoms with van der Waals surface area (Å²) in [5, 5.41) is 4.48. The maximum Gasteiger partial charge on any atom is 0.416 e. The van der Waals surface area contributed by atoms with Crippen LogP contribution in [0.3, 0.4) is 0 Å². The number of rotatable bonds is 5. The molecular formula is C24H30N4O4. The molecule has 1 fully saturated rings. The Morgan fingerprint density at radius 3 is 2.62 bits per heavy atom. The minimum Gasteiger partial charge on any atom is -0.443 e. The number of para-hydroxylation sites is 1. The highest BCUT2D eigenvalue weighted by atomic mass is 16.6. The molecule has 0 N–H and O–H groups in total. The molecule has 8 nitrogen and oxygen atoms in total. The fourth-order valence-electron chi connectivity index (χ4n) is 3.65.